The van der Waals surface area contributed by atoms with Gasteiger partial charge in [-0.2, -0.15) is 5.26 Å². The van der Waals surface area contributed by atoms with Crippen molar-refractivity contribution in [2.75, 3.05) is 38.5 Å². The van der Waals surface area contributed by atoms with Crippen LogP contribution in [0.4, 0.5) is 0 Å². The summed E-state index contributed by atoms with van der Waals surface area (Å²) in [5.41, 5.74) is 0.485. The molecule has 0 radical (unpaired) electrons. The maximum absolute atomic E-state index is 12.5. The Labute approximate surface area is 144 Å². The topological polar surface area (TPSA) is 64.4 Å². The van der Waals surface area contributed by atoms with Crippen LogP contribution in [0.3, 0.4) is 0 Å². The van der Waals surface area contributed by atoms with Gasteiger partial charge in [-0.3, -0.25) is 4.90 Å². The van der Waals surface area contributed by atoms with Crippen molar-refractivity contribution >= 4 is 9.84 Å². The molecule has 0 N–H and O–H groups in total. The van der Waals surface area contributed by atoms with Gasteiger partial charge < -0.3 is 4.90 Å². The van der Waals surface area contributed by atoms with E-state index in [1.165, 1.54) is 44.5 Å². The Bertz CT molecular complexity index is 688. The van der Waals surface area contributed by atoms with Gasteiger partial charge in [-0.1, -0.05) is 0 Å². The van der Waals surface area contributed by atoms with E-state index in [9.17, 15) is 8.42 Å². The highest BCUT2D eigenvalue weighted by Crippen LogP contribution is 2.21. The number of rotatable bonds is 5. The van der Waals surface area contributed by atoms with E-state index < -0.39 is 9.84 Å². The van der Waals surface area contributed by atoms with E-state index in [4.69, 9.17) is 5.26 Å². The maximum Gasteiger partial charge on any atom is 0.179 e. The Hall–Kier alpha value is -1.42. The summed E-state index contributed by atoms with van der Waals surface area (Å²) in [6.07, 6.45) is 4.98. The summed E-state index contributed by atoms with van der Waals surface area (Å²) in [4.78, 5) is 5.18. The fraction of sp³-hybridized carbons (Fsp3) is 0.611. The molecule has 0 saturated carbocycles. The Balaban J connectivity index is 1.56. The molecule has 24 heavy (non-hydrogen) atoms. The fourth-order valence-electron chi connectivity index (χ4n) is 3.74. The Morgan fingerprint density at radius 1 is 1.08 bits per heavy atom. The van der Waals surface area contributed by atoms with Crippen LogP contribution in [0.1, 0.15) is 31.2 Å². The molecule has 1 atom stereocenters. The predicted octanol–water partition coefficient (Wildman–Crippen LogP) is 1.89. The van der Waals surface area contributed by atoms with E-state index in [1.807, 2.05) is 6.07 Å². The van der Waals surface area contributed by atoms with Crippen molar-refractivity contribution in [1.29, 1.82) is 5.26 Å². The van der Waals surface area contributed by atoms with Crippen LogP contribution in [0.2, 0.25) is 0 Å². The van der Waals surface area contributed by atoms with Crippen LogP contribution in [0.5, 0.6) is 0 Å². The molecule has 2 heterocycles. The van der Waals surface area contributed by atoms with Crippen molar-refractivity contribution in [3.63, 3.8) is 0 Å². The van der Waals surface area contributed by atoms with E-state index in [-0.39, 0.29) is 5.75 Å². The Morgan fingerprint density at radius 2 is 1.79 bits per heavy atom. The molecule has 0 unspecified atom stereocenters. The van der Waals surface area contributed by atoms with Crippen molar-refractivity contribution < 1.29 is 8.42 Å². The predicted molar refractivity (Wildman–Crippen MR) is 93.5 cm³/mol. The summed E-state index contributed by atoms with van der Waals surface area (Å²) in [6, 6.07) is 8.82. The lowest BCUT2D eigenvalue weighted by molar-refractivity contribution is 0.120. The number of sulfone groups is 1. The van der Waals surface area contributed by atoms with Crippen LogP contribution >= 0.6 is 0 Å². The van der Waals surface area contributed by atoms with Crippen LogP contribution < -0.4 is 0 Å². The number of piperidine rings is 1. The van der Waals surface area contributed by atoms with Gasteiger partial charge in [-0.05, 0) is 69.6 Å². The summed E-state index contributed by atoms with van der Waals surface area (Å²) in [5.74, 6) is 0.144. The minimum absolute atomic E-state index is 0.144. The van der Waals surface area contributed by atoms with Gasteiger partial charge in [-0.25, -0.2) is 8.42 Å². The molecule has 2 saturated heterocycles. The summed E-state index contributed by atoms with van der Waals surface area (Å²) < 4.78 is 25.0. The summed E-state index contributed by atoms with van der Waals surface area (Å²) in [6.45, 7) is 4.97. The lowest BCUT2D eigenvalue weighted by Crippen LogP contribution is -2.47. The molecule has 3 rings (SSSR count). The van der Waals surface area contributed by atoms with Gasteiger partial charge in [0.15, 0.2) is 9.84 Å². The standard InChI is InChI=1S/C18H25N3O2S/c19-14-16-5-7-18(8-6-16)24(22,23)13-12-20-9-3-4-17(15-20)21-10-1-2-11-21/h5-8,17H,1-4,9-13,15H2/t17-/m0/s1. The molecule has 1 aromatic rings. The zero-order valence-electron chi connectivity index (χ0n) is 14.0. The van der Waals surface area contributed by atoms with Gasteiger partial charge >= 0.3 is 0 Å². The average Bonchev–Trinajstić information content (AvgIpc) is 3.15. The second-order valence-corrected chi connectivity index (χ2v) is 8.90. The minimum atomic E-state index is -3.29. The molecule has 0 aliphatic carbocycles. The zero-order chi connectivity index (χ0) is 17.0. The summed E-state index contributed by atoms with van der Waals surface area (Å²) >= 11 is 0. The molecule has 1 aromatic carbocycles. The molecule has 5 nitrogen and oxygen atoms in total. The van der Waals surface area contributed by atoms with Gasteiger partial charge in [0.25, 0.3) is 0 Å². The highest BCUT2D eigenvalue weighted by molar-refractivity contribution is 7.91. The van der Waals surface area contributed by atoms with Crippen LogP contribution in [0.15, 0.2) is 29.2 Å². The normalized spacial score (nSPS) is 23.2. The molecular weight excluding hydrogens is 322 g/mol. The third-order valence-electron chi connectivity index (χ3n) is 5.16. The number of hydrogen-bond acceptors (Lipinski definition) is 5. The Kier molecular flexibility index (Phi) is 5.54. The van der Waals surface area contributed by atoms with Crippen molar-refractivity contribution in [3.05, 3.63) is 29.8 Å². The van der Waals surface area contributed by atoms with E-state index in [0.717, 1.165) is 19.5 Å². The third-order valence-corrected chi connectivity index (χ3v) is 6.87. The van der Waals surface area contributed by atoms with Gasteiger partial charge in [-0.15, -0.1) is 0 Å². The Morgan fingerprint density at radius 3 is 2.46 bits per heavy atom. The van der Waals surface area contributed by atoms with Crippen LogP contribution in [0.25, 0.3) is 0 Å². The molecule has 2 aliphatic heterocycles. The smallest absolute Gasteiger partial charge is 0.179 e. The van der Waals surface area contributed by atoms with Crippen LogP contribution in [-0.2, 0) is 9.84 Å². The third kappa shape index (κ3) is 4.15. The highest BCUT2D eigenvalue weighted by atomic mass is 32.2. The second kappa shape index (κ2) is 7.64. The van der Waals surface area contributed by atoms with E-state index in [2.05, 4.69) is 9.80 Å². The van der Waals surface area contributed by atoms with Gasteiger partial charge in [0.05, 0.1) is 22.3 Å². The van der Waals surface area contributed by atoms with E-state index in [0.29, 0.717) is 23.0 Å². The van der Waals surface area contributed by atoms with E-state index in [1.54, 1.807) is 12.1 Å². The molecule has 130 valence electrons. The molecule has 0 bridgehead atoms. The average molecular weight is 347 g/mol. The number of nitrogens with zero attached hydrogens (tertiary/aromatic N) is 3. The first-order valence-electron chi connectivity index (χ1n) is 8.78. The summed E-state index contributed by atoms with van der Waals surface area (Å²) in [7, 11) is -3.29. The van der Waals surface area contributed by atoms with E-state index >= 15 is 0 Å². The first kappa shape index (κ1) is 17.4. The number of nitriles is 1. The molecular formula is C18H25N3O2S. The van der Waals surface area contributed by atoms with Crippen LogP contribution in [-0.4, -0.2) is 62.7 Å². The maximum atomic E-state index is 12.5. The quantitative estimate of drug-likeness (QED) is 0.814. The molecule has 0 spiro atoms. The fourth-order valence-corrected chi connectivity index (χ4v) is 5.03. The molecule has 0 amide bonds. The first-order valence-corrected chi connectivity index (χ1v) is 10.4. The van der Waals surface area contributed by atoms with Crippen molar-refractivity contribution in [1.82, 2.24) is 9.80 Å². The zero-order valence-corrected chi connectivity index (χ0v) is 14.8. The van der Waals surface area contributed by atoms with Gasteiger partial charge in [0.2, 0.25) is 0 Å². The molecule has 6 heteroatoms. The molecule has 0 aromatic heterocycles. The minimum Gasteiger partial charge on any atom is -0.301 e. The SMILES string of the molecule is N#Cc1ccc(S(=O)(=O)CCN2CCC[C@H](N3CCCC3)C2)cc1. The highest BCUT2D eigenvalue weighted by Gasteiger charge is 2.27. The number of likely N-dealkylation sites (tertiary alicyclic amines) is 2. The lowest BCUT2D eigenvalue weighted by atomic mass is 10.0. The molecule has 2 fully saturated rings. The number of hydrogen-bond donors (Lipinski definition) is 0. The lowest BCUT2D eigenvalue weighted by Gasteiger charge is -2.37. The molecule has 2 aliphatic rings. The van der Waals surface area contributed by atoms with Gasteiger partial charge in [0.1, 0.15) is 0 Å². The number of benzene rings is 1. The van der Waals surface area contributed by atoms with Crippen molar-refractivity contribution in [2.24, 2.45) is 0 Å². The first-order chi connectivity index (χ1) is 11.6. The van der Waals surface area contributed by atoms with Crippen molar-refractivity contribution in [2.45, 2.75) is 36.6 Å². The largest absolute Gasteiger partial charge is 0.301 e. The summed E-state index contributed by atoms with van der Waals surface area (Å²) in [5, 5.41) is 8.81. The van der Waals surface area contributed by atoms with Gasteiger partial charge in [0, 0.05) is 19.1 Å². The van der Waals surface area contributed by atoms with Crippen LogP contribution in [0, 0.1) is 11.3 Å². The second-order valence-electron chi connectivity index (χ2n) is 6.79. The monoisotopic (exact) mass is 347 g/mol. The van der Waals surface area contributed by atoms with Crippen molar-refractivity contribution in [3.8, 4) is 6.07 Å².